The molecule has 13 nitrogen and oxygen atoms in total. The van der Waals surface area contributed by atoms with E-state index in [0.717, 1.165) is 136 Å². The summed E-state index contributed by atoms with van der Waals surface area (Å²) in [6.07, 6.45) is 18.1. The Morgan fingerprint density at radius 3 is 0.647 bits per heavy atom. The van der Waals surface area contributed by atoms with E-state index >= 15 is 0 Å². The standard InChI is InChI=1S/C39H60O4.C19H24O2.2C16H26O2.3C10H14O/c1-9-27(3)31-11-19-35(20-12-31)40-29(5)42-37-23-15-33(16-24-37)39(7,8)34-17-25-38(26-18-34)43-30(6)41-36-21-13-32(14-22-36)28(4)10-2;1-4-15(2)18-10-12-19(13-11-18)21-16(3)20-14-17-8-6-5-7-9-17;2*1-6-13(4)15-7-9-16(10-8-15)18-14(5)17-11-12(2)3;3*1-3-8(2)9-4-6-10(11)7-5-9/h11-14,19-22,27-30,33-34,37-38H,9-10,15-18,23-26H2,1-8H3;5-13,15-16H,4,14H2,1-3H3;2*7-10,12-14H,6,11H2,1-5H3;3*4-8,11H,3H2,1-2H3. The summed E-state index contributed by atoms with van der Waals surface area (Å²) in [4.78, 5) is 0. The lowest BCUT2D eigenvalue weighted by Gasteiger charge is -2.47. The molecule has 13 unspecified atom stereocenters. The van der Waals surface area contributed by atoms with E-state index in [9.17, 15) is 0 Å². The van der Waals surface area contributed by atoms with E-state index in [1.807, 2.05) is 138 Å². The Morgan fingerprint density at radius 2 is 0.444 bits per heavy atom. The van der Waals surface area contributed by atoms with Gasteiger partial charge >= 0.3 is 0 Å². The number of hydrogen-bond donors (Lipinski definition) is 3. The van der Waals surface area contributed by atoms with Gasteiger partial charge in [0, 0.05) is 0 Å². The molecule has 0 aliphatic heterocycles. The topological polar surface area (TPSA) is 153 Å². The van der Waals surface area contributed by atoms with E-state index in [-0.39, 0.29) is 31.5 Å². The first kappa shape index (κ1) is 115. The van der Waals surface area contributed by atoms with Gasteiger partial charge in [0.1, 0.15) is 46.0 Å². The number of phenolic OH excluding ortho intramolecular Hbond substituents is 3. The van der Waals surface area contributed by atoms with E-state index in [1.165, 1.54) is 70.2 Å². The molecular weight excluding hydrogens is 1650 g/mol. The number of aromatic hydroxyl groups is 3. The molecule has 13 heteroatoms. The summed E-state index contributed by atoms with van der Waals surface area (Å²) in [6.45, 7) is 60.8. The summed E-state index contributed by atoms with van der Waals surface area (Å²) in [7, 11) is 0. The van der Waals surface area contributed by atoms with Crippen LogP contribution in [0.5, 0.6) is 46.0 Å². The Balaban J connectivity index is 0.000000295. The van der Waals surface area contributed by atoms with Gasteiger partial charge < -0.3 is 62.7 Å². The molecule has 2 aliphatic carbocycles. The minimum Gasteiger partial charge on any atom is -0.508 e. The maximum Gasteiger partial charge on any atom is 0.197 e. The fourth-order valence-corrected chi connectivity index (χ4v) is 16.0. The highest BCUT2D eigenvalue weighted by Gasteiger charge is 2.41. The van der Waals surface area contributed by atoms with Crippen molar-refractivity contribution in [3.05, 3.63) is 275 Å². The Kier molecular flexibility index (Phi) is 54.1. The van der Waals surface area contributed by atoms with Gasteiger partial charge in [-0.2, -0.15) is 0 Å². The average Bonchev–Trinajstić information content (AvgIpc) is 0.798. The molecule has 0 bridgehead atoms. The molecule has 2 aliphatic rings. The molecule has 0 aromatic heterocycles. The van der Waals surface area contributed by atoms with Crippen LogP contribution in [-0.2, 0) is 30.3 Å². The highest BCUT2D eigenvalue weighted by atomic mass is 16.7. The van der Waals surface area contributed by atoms with Crippen molar-refractivity contribution in [1.29, 1.82) is 0 Å². The third-order valence-corrected chi connectivity index (χ3v) is 26.9. The summed E-state index contributed by atoms with van der Waals surface area (Å²) < 4.78 is 59.0. The molecule has 9 aromatic carbocycles. The zero-order valence-electron chi connectivity index (χ0n) is 87.2. The molecular formula is C120H178O13. The largest absolute Gasteiger partial charge is 0.508 e. The maximum absolute atomic E-state index is 9.01. The van der Waals surface area contributed by atoms with E-state index in [2.05, 4.69) is 237 Å². The average molecular weight is 1830 g/mol. The minimum atomic E-state index is -0.264. The number of hydrogen-bond acceptors (Lipinski definition) is 13. The van der Waals surface area contributed by atoms with E-state index in [0.29, 0.717) is 101 Å². The number of phenols is 3. The first-order chi connectivity index (χ1) is 63.5. The Morgan fingerprint density at radius 1 is 0.248 bits per heavy atom. The molecule has 0 spiro atoms. The van der Waals surface area contributed by atoms with Crippen molar-refractivity contribution in [3.63, 3.8) is 0 Å². The highest BCUT2D eigenvalue weighted by Crippen LogP contribution is 2.49. The third kappa shape index (κ3) is 44.3. The van der Waals surface area contributed by atoms with Crippen LogP contribution in [0.3, 0.4) is 0 Å². The first-order valence-electron chi connectivity index (χ1n) is 50.9. The van der Waals surface area contributed by atoms with Gasteiger partial charge in [-0.1, -0.05) is 280 Å². The Bertz CT molecular complexity index is 4110. The van der Waals surface area contributed by atoms with Crippen LogP contribution in [0.25, 0.3) is 0 Å². The van der Waals surface area contributed by atoms with Crippen molar-refractivity contribution in [2.75, 3.05) is 13.2 Å². The van der Waals surface area contributed by atoms with Crippen molar-refractivity contribution in [1.82, 2.24) is 0 Å². The van der Waals surface area contributed by atoms with E-state index in [4.69, 9.17) is 62.7 Å². The molecule has 0 radical (unpaired) electrons. The third-order valence-electron chi connectivity index (χ3n) is 26.9. The van der Waals surface area contributed by atoms with Crippen LogP contribution in [0.15, 0.2) is 224 Å². The SMILES string of the molecule is CCC(C)c1ccc(O)cc1.CCC(C)c1ccc(O)cc1.CCC(C)c1ccc(O)cc1.CCC(C)c1ccc(OC(C)OC2CCC(C(C)(C)C3CCC(OC(C)Oc4ccc(C(C)CC)cc4)CC3)CC2)cc1.CCC(C)c1ccc(OC(C)OCC(C)C)cc1.CCC(C)c1ccc(OC(C)OCC(C)C)cc1.CCC(C)c1ccc(OC(C)OCc2ccccc2)cc1. The van der Waals surface area contributed by atoms with Crippen molar-refractivity contribution < 1.29 is 62.7 Å². The summed E-state index contributed by atoms with van der Waals surface area (Å²) in [5.74, 6) is 12.7. The van der Waals surface area contributed by atoms with Gasteiger partial charge in [-0.3, -0.25) is 0 Å². The lowest BCUT2D eigenvalue weighted by molar-refractivity contribution is -0.132. The van der Waals surface area contributed by atoms with Crippen LogP contribution in [0.1, 0.15) is 387 Å². The van der Waals surface area contributed by atoms with Gasteiger partial charge in [0.15, 0.2) is 31.5 Å². The van der Waals surface area contributed by atoms with Crippen LogP contribution in [-0.4, -0.2) is 72.2 Å². The summed E-state index contributed by atoms with van der Waals surface area (Å²) >= 11 is 0. The monoisotopic (exact) mass is 1830 g/mol. The molecule has 11 rings (SSSR count). The highest BCUT2D eigenvalue weighted by molar-refractivity contribution is 5.35. The molecule has 0 saturated heterocycles. The summed E-state index contributed by atoms with van der Waals surface area (Å²) in [5, 5.41) is 27.0. The first-order valence-corrected chi connectivity index (χ1v) is 50.9. The molecule has 0 amide bonds. The van der Waals surface area contributed by atoms with Gasteiger partial charge in [0.25, 0.3) is 0 Å². The molecule has 736 valence electrons. The minimum absolute atomic E-state index is 0.193. The zero-order valence-corrected chi connectivity index (χ0v) is 87.2. The normalized spacial score (nSPS) is 17.7. The summed E-state index contributed by atoms with van der Waals surface area (Å²) in [6, 6.07) is 74.4. The number of ether oxygens (including phenoxy) is 10. The quantitative estimate of drug-likeness (QED) is 0.0312. The van der Waals surface area contributed by atoms with Gasteiger partial charge in [-0.05, 0) is 361 Å². The van der Waals surface area contributed by atoms with Crippen molar-refractivity contribution in [2.45, 2.75) is 387 Å². The molecule has 0 heterocycles. The molecule has 3 N–H and O–H groups in total. The second kappa shape index (κ2) is 62.8. The maximum atomic E-state index is 9.01. The molecule has 9 aromatic rings. The number of rotatable bonds is 41. The predicted molar refractivity (Wildman–Crippen MR) is 557 cm³/mol. The fraction of sp³-hybridized carbons (Fsp3) is 0.550. The van der Waals surface area contributed by atoms with Gasteiger partial charge in [0.2, 0.25) is 0 Å². The fourth-order valence-electron chi connectivity index (χ4n) is 16.0. The van der Waals surface area contributed by atoms with Crippen LogP contribution < -0.4 is 23.7 Å². The van der Waals surface area contributed by atoms with Crippen LogP contribution in [0, 0.1) is 29.1 Å². The van der Waals surface area contributed by atoms with Gasteiger partial charge in [-0.15, -0.1) is 0 Å². The lowest BCUT2D eigenvalue weighted by atomic mass is 9.60. The van der Waals surface area contributed by atoms with Gasteiger partial charge in [-0.25, -0.2) is 0 Å². The number of benzene rings is 9. The smallest absolute Gasteiger partial charge is 0.197 e. The molecule has 2 saturated carbocycles. The summed E-state index contributed by atoms with van der Waals surface area (Å²) in [5.41, 5.74) is 12.2. The molecule has 2 fully saturated rings. The van der Waals surface area contributed by atoms with E-state index in [1.54, 1.807) is 36.4 Å². The zero-order chi connectivity index (χ0) is 98.0. The lowest BCUT2D eigenvalue weighted by Crippen LogP contribution is -2.40. The van der Waals surface area contributed by atoms with Crippen LogP contribution >= 0.6 is 0 Å². The van der Waals surface area contributed by atoms with E-state index < -0.39 is 0 Å². The van der Waals surface area contributed by atoms with Crippen molar-refractivity contribution in [2.24, 2.45) is 29.1 Å². The molecule has 13 atom stereocenters. The van der Waals surface area contributed by atoms with Crippen molar-refractivity contribution >= 4 is 0 Å². The van der Waals surface area contributed by atoms with Crippen molar-refractivity contribution in [3.8, 4) is 46.0 Å². The Hall–Kier alpha value is -8.82. The van der Waals surface area contributed by atoms with Crippen LogP contribution in [0.4, 0.5) is 0 Å². The predicted octanol–water partition coefficient (Wildman–Crippen LogP) is 34.1. The second-order valence-electron chi connectivity index (χ2n) is 38.8. The Labute approximate surface area is 808 Å². The van der Waals surface area contributed by atoms with Crippen LogP contribution in [0.2, 0.25) is 0 Å². The van der Waals surface area contributed by atoms with Gasteiger partial charge in [0.05, 0.1) is 32.0 Å². The molecule has 133 heavy (non-hydrogen) atoms. The second-order valence-corrected chi connectivity index (χ2v) is 38.8.